The summed E-state index contributed by atoms with van der Waals surface area (Å²) in [4.78, 5) is 35.9. The maximum Gasteiger partial charge on any atom is 0.522 e. The van der Waals surface area contributed by atoms with Gasteiger partial charge in [-0.25, -0.2) is 0 Å². The van der Waals surface area contributed by atoms with Gasteiger partial charge in [-0.1, -0.05) is 0 Å². The number of carbonyl (C=O) groups is 3. The van der Waals surface area contributed by atoms with E-state index in [9.17, 15) is 27.6 Å². The van der Waals surface area contributed by atoms with Crippen molar-refractivity contribution >= 4 is 17.6 Å². The maximum atomic E-state index is 12.5. The predicted octanol–water partition coefficient (Wildman–Crippen LogP) is 0.478. The first-order chi connectivity index (χ1) is 12.6. The highest BCUT2D eigenvalue weighted by Gasteiger charge is 2.60. The Morgan fingerprint density at radius 1 is 1.30 bits per heavy atom. The third-order valence-corrected chi connectivity index (χ3v) is 6.20. The zero-order valence-corrected chi connectivity index (χ0v) is 14.8. The van der Waals surface area contributed by atoms with Crippen LogP contribution in [0.2, 0.25) is 0 Å². The number of piperidine rings is 1. The number of ether oxygens (including phenoxy) is 1. The van der Waals surface area contributed by atoms with Crippen LogP contribution in [0.25, 0.3) is 0 Å². The molecule has 27 heavy (non-hydrogen) atoms. The molecule has 10 heteroatoms. The van der Waals surface area contributed by atoms with Crippen molar-refractivity contribution in [2.45, 2.75) is 44.5 Å². The fraction of sp³-hybridized carbons (Fsp3) is 0.824. The summed E-state index contributed by atoms with van der Waals surface area (Å²) in [6, 6.07) is -0.499. The lowest BCUT2D eigenvalue weighted by molar-refractivity contribution is -0.321. The first kappa shape index (κ1) is 20.1. The SMILES string of the molecule is NC(=O)C1CC2(CCN1)CC2[C@H](C[C@H]1CCNC1=O)C(=O)COC(F)(F)F. The number of halogens is 3. The second kappa shape index (κ2) is 7.38. The van der Waals surface area contributed by atoms with E-state index in [1.54, 1.807) is 0 Å². The van der Waals surface area contributed by atoms with Gasteiger partial charge in [-0.2, -0.15) is 0 Å². The first-order valence-corrected chi connectivity index (χ1v) is 9.15. The number of nitrogens with one attached hydrogen (secondary N) is 2. The number of ketones is 1. The van der Waals surface area contributed by atoms with Gasteiger partial charge in [0, 0.05) is 18.4 Å². The molecular weight excluding hydrogens is 367 g/mol. The van der Waals surface area contributed by atoms with Crippen LogP contribution in [0.15, 0.2) is 0 Å². The van der Waals surface area contributed by atoms with Crippen LogP contribution in [0.5, 0.6) is 0 Å². The van der Waals surface area contributed by atoms with E-state index in [4.69, 9.17) is 5.73 Å². The van der Waals surface area contributed by atoms with Gasteiger partial charge in [0.1, 0.15) is 6.61 Å². The highest BCUT2D eigenvalue weighted by Crippen LogP contribution is 2.63. The molecule has 5 atom stereocenters. The van der Waals surface area contributed by atoms with Gasteiger partial charge < -0.3 is 16.4 Å². The molecule has 0 aromatic rings. The standard InChI is InChI=1S/C17H24F3N3O4/c18-17(19,20)27-8-13(24)10(5-9-1-3-23-15(9)26)11-6-16(11)2-4-22-12(7-16)14(21)25/h9-12,22H,1-8H2,(H2,21,25)(H,23,26)/t9-,10+,11?,12?,16?/m1/s1. The van der Waals surface area contributed by atoms with Crippen molar-refractivity contribution in [1.29, 1.82) is 0 Å². The Bertz CT molecular complexity index is 627. The average molecular weight is 391 g/mol. The van der Waals surface area contributed by atoms with Gasteiger partial charge in [0.25, 0.3) is 0 Å². The summed E-state index contributed by atoms with van der Waals surface area (Å²) < 4.78 is 40.8. The van der Waals surface area contributed by atoms with E-state index >= 15 is 0 Å². The normalized spacial score (nSPS) is 34.3. The molecule has 3 rings (SSSR count). The summed E-state index contributed by atoms with van der Waals surface area (Å²) in [5.41, 5.74) is 5.10. The number of alkyl halides is 3. The Morgan fingerprint density at radius 2 is 2.04 bits per heavy atom. The molecule has 2 amide bonds. The van der Waals surface area contributed by atoms with Crippen molar-refractivity contribution in [3.8, 4) is 0 Å². The lowest BCUT2D eigenvalue weighted by Gasteiger charge is -2.31. The lowest BCUT2D eigenvalue weighted by Crippen LogP contribution is -2.48. The van der Waals surface area contributed by atoms with Crippen LogP contribution in [0.1, 0.15) is 32.1 Å². The molecule has 0 aromatic carbocycles. The Kier molecular flexibility index (Phi) is 5.49. The molecule has 3 aliphatic rings. The van der Waals surface area contributed by atoms with Gasteiger partial charge in [0.15, 0.2) is 5.78 Å². The van der Waals surface area contributed by atoms with E-state index in [0.29, 0.717) is 32.4 Å². The number of Topliss-reactive ketones (excluding diaryl/α,β-unsaturated/α-hetero) is 1. The number of amides is 2. The van der Waals surface area contributed by atoms with Crippen LogP contribution in [-0.2, 0) is 19.1 Å². The number of rotatable bonds is 7. The minimum absolute atomic E-state index is 0.154. The topological polar surface area (TPSA) is 111 Å². The molecule has 2 heterocycles. The van der Waals surface area contributed by atoms with Gasteiger partial charge >= 0.3 is 6.36 Å². The first-order valence-electron chi connectivity index (χ1n) is 9.15. The van der Waals surface area contributed by atoms with Crippen LogP contribution < -0.4 is 16.4 Å². The van der Waals surface area contributed by atoms with E-state index < -0.39 is 36.6 Å². The summed E-state index contributed by atoms with van der Waals surface area (Å²) in [5, 5.41) is 5.72. The monoisotopic (exact) mass is 391 g/mol. The van der Waals surface area contributed by atoms with Crippen molar-refractivity contribution in [1.82, 2.24) is 10.6 Å². The van der Waals surface area contributed by atoms with E-state index in [2.05, 4.69) is 15.4 Å². The molecule has 152 valence electrons. The number of hydrogen-bond donors (Lipinski definition) is 3. The zero-order chi connectivity index (χ0) is 19.8. The molecule has 0 aromatic heterocycles. The summed E-state index contributed by atoms with van der Waals surface area (Å²) in [6.07, 6.45) is -2.26. The molecule has 1 spiro atoms. The summed E-state index contributed by atoms with van der Waals surface area (Å²) >= 11 is 0. The van der Waals surface area contributed by atoms with Crippen molar-refractivity contribution in [2.24, 2.45) is 28.9 Å². The Hall–Kier alpha value is -1.68. The fourth-order valence-electron chi connectivity index (χ4n) is 4.70. The van der Waals surface area contributed by atoms with Crippen molar-refractivity contribution < 1.29 is 32.3 Å². The summed E-state index contributed by atoms with van der Waals surface area (Å²) in [7, 11) is 0. The lowest BCUT2D eigenvalue weighted by atomic mass is 9.79. The Balaban J connectivity index is 1.71. The van der Waals surface area contributed by atoms with Crippen LogP contribution in [-0.4, -0.2) is 49.7 Å². The second-order valence-corrected chi connectivity index (χ2v) is 7.86. The Morgan fingerprint density at radius 3 is 2.63 bits per heavy atom. The summed E-state index contributed by atoms with van der Waals surface area (Å²) in [6.45, 7) is 0.0213. The van der Waals surface area contributed by atoms with Crippen molar-refractivity contribution in [3.05, 3.63) is 0 Å². The van der Waals surface area contributed by atoms with E-state index in [0.717, 1.165) is 6.42 Å². The van der Waals surface area contributed by atoms with E-state index in [-0.39, 0.29) is 29.6 Å². The molecule has 7 nitrogen and oxygen atoms in total. The molecule has 3 unspecified atom stereocenters. The molecule has 1 aliphatic carbocycles. The fourth-order valence-corrected chi connectivity index (χ4v) is 4.70. The number of hydrogen-bond acceptors (Lipinski definition) is 5. The van der Waals surface area contributed by atoms with Crippen molar-refractivity contribution in [2.75, 3.05) is 19.7 Å². The third-order valence-electron chi connectivity index (χ3n) is 6.20. The van der Waals surface area contributed by atoms with E-state index in [1.165, 1.54) is 0 Å². The molecule has 1 saturated carbocycles. The second-order valence-electron chi connectivity index (χ2n) is 7.86. The van der Waals surface area contributed by atoms with Gasteiger partial charge in [-0.05, 0) is 50.0 Å². The van der Waals surface area contributed by atoms with Crippen LogP contribution >= 0.6 is 0 Å². The molecular formula is C17H24F3N3O4. The largest absolute Gasteiger partial charge is 0.522 e. The van der Waals surface area contributed by atoms with Crippen molar-refractivity contribution in [3.63, 3.8) is 0 Å². The molecule has 0 bridgehead atoms. The number of carbonyl (C=O) groups excluding carboxylic acids is 3. The maximum absolute atomic E-state index is 12.5. The van der Waals surface area contributed by atoms with Crippen LogP contribution in [0.3, 0.4) is 0 Å². The quantitative estimate of drug-likeness (QED) is 0.585. The van der Waals surface area contributed by atoms with Crippen LogP contribution in [0.4, 0.5) is 13.2 Å². The molecule has 2 aliphatic heterocycles. The average Bonchev–Trinajstić information content (AvgIpc) is 3.09. The summed E-state index contributed by atoms with van der Waals surface area (Å²) in [5.74, 6) is -2.50. The van der Waals surface area contributed by atoms with Gasteiger partial charge in [-0.15, -0.1) is 13.2 Å². The highest BCUT2D eigenvalue weighted by atomic mass is 19.4. The molecule has 0 radical (unpaired) electrons. The Labute approximate surface area is 154 Å². The highest BCUT2D eigenvalue weighted by molar-refractivity contribution is 5.85. The van der Waals surface area contributed by atoms with Gasteiger partial charge in [0.05, 0.1) is 6.04 Å². The molecule has 3 fully saturated rings. The minimum atomic E-state index is -4.88. The smallest absolute Gasteiger partial charge is 0.368 e. The minimum Gasteiger partial charge on any atom is -0.368 e. The predicted molar refractivity (Wildman–Crippen MR) is 87.0 cm³/mol. The van der Waals surface area contributed by atoms with Crippen LogP contribution in [0, 0.1) is 23.2 Å². The van der Waals surface area contributed by atoms with Gasteiger partial charge in [0.2, 0.25) is 11.8 Å². The number of nitrogens with two attached hydrogens (primary N) is 1. The molecule has 4 N–H and O–H groups in total. The number of primary amides is 1. The zero-order valence-electron chi connectivity index (χ0n) is 14.8. The third kappa shape index (κ3) is 4.60. The van der Waals surface area contributed by atoms with E-state index in [1.807, 2.05) is 0 Å². The molecule has 2 saturated heterocycles. The van der Waals surface area contributed by atoms with Gasteiger partial charge in [-0.3, -0.25) is 19.1 Å².